The fourth-order valence-corrected chi connectivity index (χ4v) is 3.49. The number of unbranched alkanes of at least 4 members (excludes halogenated alkanes) is 3. The first-order valence-electron chi connectivity index (χ1n) is 10.1. The Morgan fingerprint density at radius 2 is 2.21 bits per heavy atom. The van der Waals surface area contributed by atoms with Gasteiger partial charge in [-0.2, -0.15) is 5.10 Å². The average Bonchev–Trinajstić information content (AvgIpc) is 2.68. The summed E-state index contributed by atoms with van der Waals surface area (Å²) in [5.74, 6) is -0.439. The van der Waals surface area contributed by atoms with Gasteiger partial charge in [0, 0.05) is 13.0 Å². The number of allylic oxidation sites excluding steroid dienone is 2. The van der Waals surface area contributed by atoms with Crippen LogP contribution < -0.4 is 11.0 Å². The number of carbonyl (C=O) groups excluding carboxylic acids is 1. The number of aromatic amines is 1. The summed E-state index contributed by atoms with van der Waals surface area (Å²) in [6.07, 6.45) is 13.2. The summed E-state index contributed by atoms with van der Waals surface area (Å²) in [4.78, 5) is 26.5. The van der Waals surface area contributed by atoms with Gasteiger partial charge < -0.3 is 5.11 Å². The van der Waals surface area contributed by atoms with Gasteiger partial charge in [0.25, 0.3) is 5.56 Å². The van der Waals surface area contributed by atoms with Crippen LogP contribution in [0.4, 0.5) is 0 Å². The molecule has 1 aliphatic rings. The fourth-order valence-electron chi connectivity index (χ4n) is 3.22. The minimum atomic E-state index is -0.531. The second-order valence-electron chi connectivity index (χ2n) is 7.11. The third kappa shape index (κ3) is 6.74. The number of hydrazone groups is 1. The number of carbonyl (C=O) groups is 1. The molecule has 28 heavy (non-hydrogen) atoms. The summed E-state index contributed by atoms with van der Waals surface area (Å²) in [7, 11) is 0. The number of nitrogens with zero attached hydrogens (tertiary/aromatic N) is 2. The van der Waals surface area contributed by atoms with Crippen LogP contribution in [0.5, 0.6) is 5.88 Å². The van der Waals surface area contributed by atoms with E-state index in [2.05, 4.69) is 28.5 Å². The lowest BCUT2D eigenvalue weighted by Gasteiger charge is -2.15. The molecule has 2 rings (SSSR count). The molecular weight excluding hydrogens is 376 g/mol. The highest BCUT2D eigenvalue weighted by Crippen LogP contribution is 2.22. The normalized spacial score (nSPS) is 14.2. The lowest BCUT2D eigenvalue weighted by molar-refractivity contribution is -0.121. The number of amides is 1. The van der Waals surface area contributed by atoms with Crippen LogP contribution in [0.25, 0.3) is 0 Å². The number of rotatable bonds is 10. The van der Waals surface area contributed by atoms with Crippen molar-refractivity contribution in [2.24, 2.45) is 5.10 Å². The van der Waals surface area contributed by atoms with Crippen LogP contribution in [0.3, 0.4) is 0 Å². The number of aromatic nitrogens is 2. The highest BCUT2D eigenvalue weighted by Gasteiger charge is 2.12. The van der Waals surface area contributed by atoms with Crippen LogP contribution in [0, 0.1) is 4.77 Å². The van der Waals surface area contributed by atoms with E-state index in [4.69, 9.17) is 12.2 Å². The van der Waals surface area contributed by atoms with E-state index in [1.165, 1.54) is 29.2 Å². The number of H-pyrrole nitrogens is 1. The number of hydrogen-bond acceptors (Lipinski definition) is 5. The topological polar surface area (TPSA) is 99.5 Å². The van der Waals surface area contributed by atoms with Gasteiger partial charge in [0.1, 0.15) is 5.56 Å². The van der Waals surface area contributed by atoms with Crippen molar-refractivity contribution in [3.8, 4) is 5.88 Å². The van der Waals surface area contributed by atoms with Gasteiger partial charge in [0.15, 0.2) is 4.77 Å². The molecule has 1 heterocycles. The highest BCUT2D eigenvalue weighted by atomic mass is 32.1. The quantitative estimate of drug-likeness (QED) is 0.180. The van der Waals surface area contributed by atoms with Crippen molar-refractivity contribution in [1.29, 1.82) is 0 Å². The van der Waals surface area contributed by atoms with E-state index in [1.807, 2.05) is 0 Å². The largest absolute Gasteiger partial charge is 0.494 e. The first-order chi connectivity index (χ1) is 13.5. The maximum Gasteiger partial charge on any atom is 0.264 e. The van der Waals surface area contributed by atoms with E-state index in [9.17, 15) is 14.7 Å². The Labute approximate surface area is 170 Å². The maximum absolute atomic E-state index is 12.1. The van der Waals surface area contributed by atoms with Crippen LogP contribution in [0.2, 0.25) is 0 Å². The Balaban J connectivity index is 2.01. The van der Waals surface area contributed by atoms with Crippen molar-refractivity contribution in [3.63, 3.8) is 0 Å². The molecule has 3 N–H and O–H groups in total. The van der Waals surface area contributed by atoms with Gasteiger partial charge in [-0.05, 0) is 50.7 Å². The third-order valence-corrected chi connectivity index (χ3v) is 5.21. The second kappa shape index (κ2) is 11.6. The fraction of sp³-hybridized carbons (Fsp3) is 0.600. The Kier molecular flexibility index (Phi) is 9.13. The summed E-state index contributed by atoms with van der Waals surface area (Å²) in [5, 5.41) is 14.3. The number of nitrogens with one attached hydrogen (secondary N) is 2. The number of aromatic hydroxyl groups is 1. The molecule has 0 radical (unpaired) electrons. The molecule has 0 saturated heterocycles. The van der Waals surface area contributed by atoms with Crippen molar-refractivity contribution in [3.05, 3.63) is 32.3 Å². The van der Waals surface area contributed by atoms with Crippen LogP contribution >= 0.6 is 12.2 Å². The first kappa shape index (κ1) is 22.1. The molecule has 1 aliphatic carbocycles. The molecule has 1 amide bonds. The molecule has 0 spiro atoms. The van der Waals surface area contributed by atoms with Crippen molar-refractivity contribution < 1.29 is 9.90 Å². The van der Waals surface area contributed by atoms with Gasteiger partial charge in [-0.15, -0.1) is 0 Å². The zero-order valence-corrected chi connectivity index (χ0v) is 17.3. The molecule has 7 nitrogen and oxygen atoms in total. The minimum absolute atomic E-state index is 0.0162. The minimum Gasteiger partial charge on any atom is -0.494 e. The van der Waals surface area contributed by atoms with E-state index in [1.54, 1.807) is 0 Å². The highest BCUT2D eigenvalue weighted by molar-refractivity contribution is 7.71. The monoisotopic (exact) mass is 406 g/mol. The molecule has 0 unspecified atom stereocenters. The van der Waals surface area contributed by atoms with Crippen molar-refractivity contribution in [2.75, 3.05) is 0 Å². The average molecular weight is 407 g/mol. The molecule has 0 atom stereocenters. The number of hydrogen-bond donors (Lipinski definition) is 3. The van der Waals surface area contributed by atoms with Gasteiger partial charge in [0.2, 0.25) is 11.8 Å². The van der Waals surface area contributed by atoms with Crippen LogP contribution in [-0.2, 0) is 11.3 Å². The zero-order valence-electron chi connectivity index (χ0n) is 16.5. The predicted molar refractivity (Wildman–Crippen MR) is 113 cm³/mol. The SMILES string of the molecule is CCCCCCC(=O)NN=Cc1c(O)n(CCC2=CCCCC2)c(=S)[nH]c1=O. The molecule has 1 aromatic heterocycles. The van der Waals surface area contributed by atoms with E-state index in [-0.39, 0.29) is 22.1 Å². The van der Waals surface area contributed by atoms with E-state index in [0.717, 1.165) is 44.9 Å². The van der Waals surface area contributed by atoms with Crippen LogP contribution in [-0.4, -0.2) is 26.8 Å². The first-order valence-corrected chi connectivity index (χ1v) is 10.5. The van der Waals surface area contributed by atoms with Gasteiger partial charge in [-0.3, -0.25) is 19.1 Å². The maximum atomic E-state index is 12.1. The summed E-state index contributed by atoms with van der Waals surface area (Å²) in [6.45, 7) is 2.60. The summed E-state index contributed by atoms with van der Waals surface area (Å²) in [6, 6.07) is 0. The van der Waals surface area contributed by atoms with Crippen molar-refractivity contribution in [1.82, 2.24) is 15.0 Å². The molecule has 154 valence electrons. The van der Waals surface area contributed by atoms with Gasteiger partial charge in [-0.25, -0.2) is 5.43 Å². The summed E-state index contributed by atoms with van der Waals surface area (Å²) >= 11 is 5.19. The Morgan fingerprint density at radius 1 is 1.39 bits per heavy atom. The smallest absolute Gasteiger partial charge is 0.264 e. The zero-order chi connectivity index (χ0) is 20.4. The Morgan fingerprint density at radius 3 is 2.93 bits per heavy atom. The third-order valence-electron chi connectivity index (χ3n) is 4.89. The molecule has 8 heteroatoms. The lowest BCUT2D eigenvalue weighted by Crippen LogP contribution is -2.21. The van der Waals surface area contributed by atoms with Crippen LogP contribution in [0.15, 0.2) is 21.5 Å². The molecular formula is C20H30N4O3S. The predicted octanol–water partition coefficient (Wildman–Crippen LogP) is 3.92. The summed E-state index contributed by atoms with van der Waals surface area (Å²) < 4.78 is 1.68. The van der Waals surface area contributed by atoms with Gasteiger partial charge in [0.05, 0.1) is 6.21 Å². The van der Waals surface area contributed by atoms with Crippen molar-refractivity contribution >= 4 is 24.3 Å². The molecule has 0 aromatic carbocycles. The molecule has 1 aromatic rings. The summed E-state index contributed by atoms with van der Waals surface area (Å²) in [5.41, 5.74) is 3.21. The molecule has 0 bridgehead atoms. The Hall–Kier alpha value is -2.22. The second-order valence-corrected chi connectivity index (χ2v) is 7.50. The molecule has 0 saturated carbocycles. The Bertz CT molecular complexity index is 839. The van der Waals surface area contributed by atoms with Crippen LogP contribution in [0.1, 0.15) is 76.7 Å². The van der Waals surface area contributed by atoms with E-state index >= 15 is 0 Å². The van der Waals surface area contributed by atoms with E-state index in [0.29, 0.717) is 13.0 Å². The van der Waals surface area contributed by atoms with Crippen molar-refractivity contribution in [2.45, 2.75) is 77.7 Å². The van der Waals surface area contributed by atoms with Gasteiger partial charge >= 0.3 is 0 Å². The van der Waals surface area contributed by atoms with Gasteiger partial charge in [-0.1, -0.05) is 37.8 Å². The standard InChI is InChI=1S/C20H30N4O3S/c1-2-3-4-8-11-17(25)23-21-14-16-18(26)22-20(28)24(19(16)27)13-12-15-9-6-5-7-10-15/h9,14,27H,2-8,10-13H2,1H3,(H,23,25)(H,22,26,28). The molecule has 0 aliphatic heterocycles. The van der Waals surface area contributed by atoms with E-state index < -0.39 is 5.56 Å². The molecule has 0 fully saturated rings. The lowest BCUT2D eigenvalue weighted by atomic mass is 9.97.